The molecule has 0 saturated carbocycles. The molecule has 0 aromatic heterocycles. The summed E-state index contributed by atoms with van der Waals surface area (Å²) in [5, 5.41) is 3.32. The molecule has 3 nitrogen and oxygen atoms in total. The van der Waals surface area contributed by atoms with E-state index in [1.54, 1.807) is 6.92 Å². The van der Waals surface area contributed by atoms with Crippen LogP contribution in [0, 0.1) is 5.82 Å². The first-order valence-corrected chi connectivity index (χ1v) is 6.22. The zero-order valence-electron chi connectivity index (χ0n) is 10.8. The lowest BCUT2D eigenvalue weighted by molar-refractivity contribution is -0.124. The Hall–Kier alpha value is -1.13. The minimum atomic E-state index is -1.11. The topological polar surface area (TPSA) is 55.1 Å². The van der Waals surface area contributed by atoms with Crippen LogP contribution in [0.1, 0.15) is 32.8 Å². The van der Waals surface area contributed by atoms with E-state index in [0.29, 0.717) is 5.56 Å². The molecule has 2 atom stereocenters. The Labute approximate surface area is 112 Å². The monoisotopic (exact) mass is 272 g/mol. The molecule has 5 heteroatoms. The summed E-state index contributed by atoms with van der Waals surface area (Å²) >= 11 is 6.00. The minimum absolute atomic E-state index is 0.0867. The second kappa shape index (κ2) is 5.67. The molecular formula is C13H18ClFN2O. The van der Waals surface area contributed by atoms with Crippen LogP contribution in [0.3, 0.4) is 0 Å². The summed E-state index contributed by atoms with van der Waals surface area (Å²) in [5.74, 6) is -0.990. The predicted molar refractivity (Wildman–Crippen MR) is 70.8 cm³/mol. The maximum Gasteiger partial charge on any atom is 0.242 e. The zero-order valence-corrected chi connectivity index (χ0v) is 11.5. The van der Waals surface area contributed by atoms with Crippen molar-refractivity contribution in [3.05, 3.63) is 34.6 Å². The second-order valence-corrected chi connectivity index (χ2v) is 4.97. The molecule has 0 heterocycles. The molecule has 0 radical (unpaired) electrons. The molecule has 0 saturated heterocycles. The fraction of sp³-hybridized carbons (Fsp3) is 0.462. The lowest BCUT2D eigenvalue weighted by Crippen LogP contribution is -2.53. The molecule has 3 N–H and O–H groups in total. The highest BCUT2D eigenvalue weighted by molar-refractivity contribution is 6.31. The van der Waals surface area contributed by atoms with E-state index in [1.165, 1.54) is 18.2 Å². The maximum absolute atomic E-state index is 13.0. The van der Waals surface area contributed by atoms with Crippen LogP contribution in [0.25, 0.3) is 0 Å². The molecule has 2 unspecified atom stereocenters. The summed E-state index contributed by atoms with van der Waals surface area (Å²) in [5.41, 5.74) is 4.83. The van der Waals surface area contributed by atoms with Crippen LogP contribution in [-0.4, -0.2) is 11.9 Å². The largest absolute Gasteiger partial charge is 0.368 e. The first-order valence-electron chi connectivity index (χ1n) is 5.84. The van der Waals surface area contributed by atoms with Gasteiger partial charge in [0, 0.05) is 16.6 Å². The number of nitrogens with two attached hydrogens (primary N) is 1. The minimum Gasteiger partial charge on any atom is -0.368 e. The molecule has 1 aromatic rings. The van der Waals surface area contributed by atoms with Gasteiger partial charge in [0.1, 0.15) is 11.4 Å². The van der Waals surface area contributed by atoms with Crippen molar-refractivity contribution in [3.63, 3.8) is 0 Å². The molecule has 0 aliphatic carbocycles. The van der Waals surface area contributed by atoms with E-state index in [0.717, 1.165) is 6.42 Å². The molecule has 0 aliphatic rings. The Morgan fingerprint density at radius 2 is 2.22 bits per heavy atom. The predicted octanol–water partition coefficient (Wildman–Crippen LogP) is 2.57. The smallest absolute Gasteiger partial charge is 0.242 e. The molecule has 0 fully saturated rings. The SMILES string of the molecule is CCC(C)NC(C)(C(N)=O)c1ccc(F)cc1Cl. The van der Waals surface area contributed by atoms with Crippen molar-refractivity contribution in [1.82, 2.24) is 5.32 Å². The maximum atomic E-state index is 13.0. The fourth-order valence-corrected chi connectivity index (χ4v) is 2.13. The van der Waals surface area contributed by atoms with Crippen LogP contribution in [0.5, 0.6) is 0 Å². The summed E-state index contributed by atoms with van der Waals surface area (Å²) in [7, 11) is 0. The van der Waals surface area contributed by atoms with Gasteiger partial charge in [0.05, 0.1) is 0 Å². The first kappa shape index (κ1) is 14.9. The van der Waals surface area contributed by atoms with Gasteiger partial charge in [0.2, 0.25) is 5.91 Å². The van der Waals surface area contributed by atoms with Crippen LogP contribution in [0.15, 0.2) is 18.2 Å². The third-order valence-corrected chi connectivity index (χ3v) is 3.42. The second-order valence-electron chi connectivity index (χ2n) is 4.57. The lowest BCUT2D eigenvalue weighted by Gasteiger charge is -2.32. The molecule has 1 amide bonds. The molecule has 1 aromatic carbocycles. The molecule has 0 bridgehead atoms. The van der Waals surface area contributed by atoms with Gasteiger partial charge < -0.3 is 5.73 Å². The summed E-state index contributed by atoms with van der Waals surface area (Å²) < 4.78 is 13.0. The number of carbonyl (C=O) groups is 1. The number of nitrogens with one attached hydrogen (secondary N) is 1. The average molecular weight is 273 g/mol. The number of rotatable bonds is 5. The van der Waals surface area contributed by atoms with Gasteiger partial charge in [-0.3, -0.25) is 10.1 Å². The van der Waals surface area contributed by atoms with Crippen molar-refractivity contribution in [2.45, 2.75) is 38.8 Å². The Kier molecular flexibility index (Phi) is 4.71. The summed E-state index contributed by atoms with van der Waals surface area (Å²) in [6.45, 7) is 5.59. The molecular weight excluding hydrogens is 255 g/mol. The molecule has 100 valence electrons. The number of halogens is 2. The number of benzene rings is 1. The third kappa shape index (κ3) is 3.00. The van der Waals surface area contributed by atoms with Crippen molar-refractivity contribution < 1.29 is 9.18 Å². The van der Waals surface area contributed by atoms with Gasteiger partial charge in [-0.15, -0.1) is 0 Å². The van der Waals surface area contributed by atoms with Gasteiger partial charge in [-0.05, 0) is 32.4 Å². The van der Waals surface area contributed by atoms with Gasteiger partial charge in [0.25, 0.3) is 0 Å². The average Bonchev–Trinajstić information content (AvgIpc) is 2.28. The van der Waals surface area contributed by atoms with Crippen molar-refractivity contribution >= 4 is 17.5 Å². The van der Waals surface area contributed by atoms with E-state index in [9.17, 15) is 9.18 Å². The van der Waals surface area contributed by atoms with Crippen LogP contribution >= 0.6 is 11.6 Å². The van der Waals surface area contributed by atoms with Gasteiger partial charge in [-0.1, -0.05) is 24.6 Å². The fourth-order valence-electron chi connectivity index (χ4n) is 1.77. The highest BCUT2D eigenvalue weighted by Gasteiger charge is 2.35. The van der Waals surface area contributed by atoms with Crippen molar-refractivity contribution in [3.8, 4) is 0 Å². The summed E-state index contributed by atoms with van der Waals surface area (Å²) in [6.07, 6.45) is 0.835. The number of carbonyl (C=O) groups excluding carboxylic acids is 1. The van der Waals surface area contributed by atoms with Gasteiger partial charge in [-0.2, -0.15) is 0 Å². The Bertz CT molecular complexity index is 453. The van der Waals surface area contributed by atoms with E-state index in [4.69, 9.17) is 17.3 Å². The Morgan fingerprint density at radius 1 is 1.61 bits per heavy atom. The number of hydrogen-bond acceptors (Lipinski definition) is 2. The van der Waals surface area contributed by atoms with Crippen LogP contribution < -0.4 is 11.1 Å². The van der Waals surface area contributed by atoms with E-state index < -0.39 is 17.3 Å². The van der Waals surface area contributed by atoms with E-state index in [2.05, 4.69) is 5.32 Å². The van der Waals surface area contributed by atoms with Gasteiger partial charge >= 0.3 is 0 Å². The lowest BCUT2D eigenvalue weighted by atomic mass is 9.90. The summed E-state index contributed by atoms with van der Waals surface area (Å²) in [4.78, 5) is 11.7. The third-order valence-electron chi connectivity index (χ3n) is 3.11. The van der Waals surface area contributed by atoms with Crippen LogP contribution in [0.2, 0.25) is 5.02 Å². The standard InChI is InChI=1S/C13H18ClFN2O/c1-4-8(2)17-13(3,12(16)18)10-6-5-9(15)7-11(10)14/h5-8,17H,4H2,1-3H3,(H2,16,18). The quantitative estimate of drug-likeness (QED) is 0.866. The molecule has 1 rings (SSSR count). The van der Waals surface area contributed by atoms with Gasteiger partial charge in [0.15, 0.2) is 0 Å². The van der Waals surface area contributed by atoms with Crippen molar-refractivity contribution in [2.75, 3.05) is 0 Å². The highest BCUT2D eigenvalue weighted by Crippen LogP contribution is 2.29. The zero-order chi connectivity index (χ0) is 13.9. The normalized spacial score (nSPS) is 16.1. The molecule has 0 spiro atoms. The van der Waals surface area contributed by atoms with Crippen LogP contribution in [-0.2, 0) is 10.3 Å². The Balaban J connectivity index is 3.22. The van der Waals surface area contributed by atoms with E-state index >= 15 is 0 Å². The van der Waals surface area contributed by atoms with E-state index in [1.807, 2.05) is 13.8 Å². The Morgan fingerprint density at radius 3 is 2.67 bits per heavy atom. The van der Waals surface area contributed by atoms with Crippen molar-refractivity contribution in [1.29, 1.82) is 0 Å². The summed E-state index contributed by atoms with van der Waals surface area (Å²) in [6, 6.07) is 4.01. The molecule has 0 aliphatic heterocycles. The number of hydrogen-bond donors (Lipinski definition) is 2. The first-order chi connectivity index (χ1) is 8.31. The number of amides is 1. The van der Waals surface area contributed by atoms with Crippen LogP contribution in [0.4, 0.5) is 4.39 Å². The van der Waals surface area contributed by atoms with Crippen molar-refractivity contribution in [2.24, 2.45) is 5.73 Å². The van der Waals surface area contributed by atoms with E-state index in [-0.39, 0.29) is 11.1 Å². The van der Waals surface area contributed by atoms with Gasteiger partial charge in [-0.25, -0.2) is 4.39 Å². The molecule has 18 heavy (non-hydrogen) atoms. The number of primary amides is 1. The highest BCUT2D eigenvalue weighted by atomic mass is 35.5.